The maximum Gasteiger partial charge on any atom is 0.306 e. The smallest absolute Gasteiger partial charge is 0.306 e. The fourth-order valence-corrected chi connectivity index (χ4v) is 2.86. The van der Waals surface area contributed by atoms with Crippen molar-refractivity contribution in [2.24, 2.45) is 23.7 Å². The summed E-state index contributed by atoms with van der Waals surface area (Å²) in [5.74, 6) is -0.0455. The molecule has 2 N–H and O–H groups in total. The Morgan fingerprint density at radius 2 is 1.11 bits per heavy atom. The molecule has 106 valence electrons. The van der Waals surface area contributed by atoms with Crippen molar-refractivity contribution in [3.63, 3.8) is 0 Å². The number of hydrogen-bond acceptors (Lipinski definition) is 2. The number of carboxylic acids is 2. The van der Waals surface area contributed by atoms with Gasteiger partial charge in [-0.3, -0.25) is 9.59 Å². The molecular weight excluding hydrogens is 345 g/mol. The zero-order valence-electron chi connectivity index (χ0n) is 12.0. The third-order valence-electron chi connectivity index (χ3n) is 4.09. The third-order valence-corrected chi connectivity index (χ3v) is 4.09. The van der Waals surface area contributed by atoms with Crippen LogP contribution in [0, 0.1) is 23.7 Å². The largest absolute Gasteiger partial charge is 0.481 e. The molecule has 2 aliphatic carbocycles. The fraction of sp³-hybridized carbons (Fsp3) is 0.857. The van der Waals surface area contributed by atoms with E-state index in [9.17, 15) is 9.59 Å². The second kappa shape index (κ2) is 8.92. The third kappa shape index (κ3) is 6.72. The quantitative estimate of drug-likeness (QED) is 0.735. The summed E-state index contributed by atoms with van der Waals surface area (Å²) in [6.07, 6.45) is 5.73. The second-order valence-electron chi connectivity index (χ2n) is 5.91. The number of carboxylic acid groups (broad SMARTS) is 2. The van der Waals surface area contributed by atoms with E-state index in [-0.39, 0.29) is 39.1 Å². The number of aliphatic carboxylic acids is 2. The average Bonchev–Trinajstić information content (AvgIpc) is 2.88. The molecule has 2 saturated carbocycles. The molecule has 4 atom stereocenters. The topological polar surface area (TPSA) is 74.6 Å². The molecule has 19 heavy (non-hydrogen) atoms. The van der Waals surface area contributed by atoms with Crippen LogP contribution in [0.25, 0.3) is 0 Å². The molecule has 4 nitrogen and oxygen atoms in total. The van der Waals surface area contributed by atoms with Gasteiger partial charge in [0.05, 0.1) is 11.8 Å². The molecule has 0 aromatic heterocycles. The Kier molecular flexibility index (Phi) is 8.85. The van der Waals surface area contributed by atoms with Crippen molar-refractivity contribution in [1.82, 2.24) is 0 Å². The van der Waals surface area contributed by atoms with Gasteiger partial charge in [0.1, 0.15) is 0 Å². The standard InChI is InChI=1S/2C7H12O2.Cd/c2*1-5-2-3-6(4-5)7(8)9;/h2*5-6H,2-4H2,1H3,(H,8,9);. The first kappa shape index (κ1) is 18.9. The van der Waals surface area contributed by atoms with Gasteiger partial charge in [-0.25, -0.2) is 0 Å². The molecule has 4 unspecified atom stereocenters. The van der Waals surface area contributed by atoms with Crippen molar-refractivity contribution in [2.75, 3.05) is 0 Å². The van der Waals surface area contributed by atoms with Crippen LogP contribution in [0.1, 0.15) is 52.4 Å². The summed E-state index contributed by atoms with van der Waals surface area (Å²) in [7, 11) is 0. The van der Waals surface area contributed by atoms with Crippen molar-refractivity contribution in [3.05, 3.63) is 0 Å². The normalized spacial score (nSPS) is 32.9. The van der Waals surface area contributed by atoms with Gasteiger partial charge < -0.3 is 10.2 Å². The summed E-state index contributed by atoms with van der Waals surface area (Å²) in [6.45, 7) is 4.23. The SMILES string of the molecule is CC1CCC(C(=O)O)C1.CC1CCC(C(=O)O)C1.[Cd]. The summed E-state index contributed by atoms with van der Waals surface area (Å²) in [5, 5.41) is 17.1. The van der Waals surface area contributed by atoms with Gasteiger partial charge in [-0.05, 0) is 50.4 Å². The fourth-order valence-electron chi connectivity index (χ4n) is 2.86. The van der Waals surface area contributed by atoms with Crippen LogP contribution < -0.4 is 0 Å². The Hall–Kier alpha value is -0.138. The maximum absolute atomic E-state index is 10.3. The molecule has 0 aromatic carbocycles. The first-order valence-corrected chi connectivity index (χ1v) is 6.85. The Bertz CT molecular complexity index is 276. The Morgan fingerprint density at radius 1 is 0.789 bits per heavy atom. The van der Waals surface area contributed by atoms with Crippen LogP contribution in [0.3, 0.4) is 0 Å². The molecule has 5 heteroatoms. The predicted molar refractivity (Wildman–Crippen MR) is 68.3 cm³/mol. The van der Waals surface area contributed by atoms with Crippen molar-refractivity contribution in [3.8, 4) is 0 Å². The van der Waals surface area contributed by atoms with E-state index in [0.717, 1.165) is 38.5 Å². The van der Waals surface area contributed by atoms with Gasteiger partial charge in [0.25, 0.3) is 0 Å². The Balaban J connectivity index is 0.000000324. The molecule has 0 aromatic rings. The first-order valence-electron chi connectivity index (χ1n) is 6.85. The molecule has 2 fully saturated rings. The van der Waals surface area contributed by atoms with Gasteiger partial charge in [-0.2, -0.15) is 0 Å². The van der Waals surface area contributed by atoms with E-state index in [1.807, 2.05) is 0 Å². The van der Waals surface area contributed by atoms with Gasteiger partial charge in [0.15, 0.2) is 0 Å². The predicted octanol–water partition coefficient (Wildman–Crippen LogP) is 3.01. The minimum Gasteiger partial charge on any atom is -0.481 e. The van der Waals surface area contributed by atoms with E-state index >= 15 is 0 Å². The molecule has 2 rings (SSSR count). The summed E-state index contributed by atoms with van der Waals surface area (Å²) in [4.78, 5) is 20.7. The second-order valence-corrected chi connectivity index (χ2v) is 5.91. The molecule has 0 saturated heterocycles. The first-order chi connectivity index (χ1) is 8.40. The Morgan fingerprint density at radius 3 is 1.21 bits per heavy atom. The number of carbonyl (C=O) groups is 2. The minimum atomic E-state index is -0.612. The number of rotatable bonds is 2. The summed E-state index contributed by atoms with van der Waals surface area (Å²) in [6, 6.07) is 0. The van der Waals surface area contributed by atoms with Gasteiger partial charge in [0.2, 0.25) is 0 Å². The van der Waals surface area contributed by atoms with Crippen molar-refractivity contribution < 1.29 is 47.1 Å². The summed E-state index contributed by atoms with van der Waals surface area (Å²) < 4.78 is 0. The van der Waals surface area contributed by atoms with Crippen molar-refractivity contribution in [2.45, 2.75) is 52.4 Å². The van der Waals surface area contributed by atoms with E-state index in [1.165, 1.54) is 0 Å². The van der Waals surface area contributed by atoms with Gasteiger partial charge >= 0.3 is 11.9 Å². The van der Waals surface area contributed by atoms with Gasteiger partial charge in [-0.1, -0.05) is 13.8 Å². The van der Waals surface area contributed by atoms with Gasteiger partial charge in [-0.15, -0.1) is 0 Å². The Labute approximate surface area is 135 Å². The van der Waals surface area contributed by atoms with Crippen molar-refractivity contribution in [1.29, 1.82) is 0 Å². The molecule has 0 amide bonds. The van der Waals surface area contributed by atoms with Crippen LogP contribution >= 0.6 is 0 Å². The van der Waals surface area contributed by atoms with Crippen LogP contribution in [0.15, 0.2) is 0 Å². The van der Waals surface area contributed by atoms with Crippen LogP contribution in [-0.4, -0.2) is 22.2 Å². The zero-order chi connectivity index (χ0) is 13.7. The molecule has 0 radical (unpaired) electrons. The molecule has 2 aliphatic rings. The van der Waals surface area contributed by atoms with Crippen LogP contribution in [-0.2, 0) is 36.9 Å². The number of hydrogen-bond donors (Lipinski definition) is 2. The van der Waals surface area contributed by atoms with Crippen LogP contribution in [0.2, 0.25) is 0 Å². The monoisotopic (exact) mass is 370 g/mol. The summed E-state index contributed by atoms with van der Waals surface area (Å²) >= 11 is 0. The van der Waals surface area contributed by atoms with Gasteiger partial charge in [0, 0.05) is 27.3 Å². The molecule has 0 spiro atoms. The molecule has 0 aliphatic heterocycles. The van der Waals surface area contributed by atoms with E-state index in [0.29, 0.717) is 11.8 Å². The van der Waals surface area contributed by atoms with E-state index < -0.39 is 11.9 Å². The van der Waals surface area contributed by atoms with E-state index in [1.54, 1.807) is 0 Å². The summed E-state index contributed by atoms with van der Waals surface area (Å²) in [5.41, 5.74) is 0. The molecule has 0 heterocycles. The van der Waals surface area contributed by atoms with Crippen LogP contribution in [0.4, 0.5) is 0 Å². The minimum absolute atomic E-state index is 0. The molecular formula is C14H24CdO4. The van der Waals surface area contributed by atoms with E-state index in [2.05, 4.69) is 13.8 Å². The molecule has 0 bridgehead atoms. The zero-order valence-corrected chi connectivity index (χ0v) is 16.0. The maximum atomic E-state index is 10.3. The van der Waals surface area contributed by atoms with E-state index in [4.69, 9.17) is 10.2 Å². The average molecular weight is 369 g/mol. The van der Waals surface area contributed by atoms with Crippen molar-refractivity contribution >= 4 is 11.9 Å². The van der Waals surface area contributed by atoms with Crippen LogP contribution in [0.5, 0.6) is 0 Å².